The molecule has 4 N–H and O–H groups in total. The minimum Gasteiger partial charge on any atom is -0.462 e. The second-order valence-electron chi connectivity index (χ2n) is 16.1. The molecular weight excluding hydrogens is 777 g/mol. The van der Waals surface area contributed by atoms with Crippen LogP contribution in [0.3, 0.4) is 0 Å². The molecule has 0 bridgehead atoms. The van der Waals surface area contributed by atoms with Crippen LogP contribution in [0.25, 0.3) is 0 Å². The Morgan fingerprint density at radius 2 is 1.05 bits per heavy atom. The van der Waals surface area contributed by atoms with Crippen molar-refractivity contribution in [1.29, 1.82) is 0 Å². The number of esters is 2. The molecule has 1 fully saturated rings. The lowest BCUT2D eigenvalue weighted by atomic mass is 10.00. The lowest BCUT2D eigenvalue weighted by Gasteiger charge is -2.40. The summed E-state index contributed by atoms with van der Waals surface area (Å²) in [5.41, 5.74) is 0. The Morgan fingerprint density at radius 3 is 1.58 bits per heavy atom. The van der Waals surface area contributed by atoms with E-state index in [1.807, 2.05) is 0 Å². The number of aliphatic hydroxyl groups is 3. The van der Waals surface area contributed by atoms with Crippen molar-refractivity contribution in [2.24, 2.45) is 0 Å². The number of rotatable bonds is 38. The first-order chi connectivity index (χ1) is 28.5. The maximum Gasteiger partial charge on any atom is 0.306 e. The number of hydrogen-bond acceptors (Lipinski definition) is 11. The van der Waals surface area contributed by atoms with E-state index in [-0.39, 0.29) is 19.4 Å². The van der Waals surface area contributed by atoms with Gasteiger partial charge in [-0.25, -0.2) is 0 Å². The van der Waals surface area contributed by atoms with Crippen molar-refractivity contribution >= 4 is 22.1 Å². The van der Waals surface area contributed by atoms with Crippen molar-refractivity contribution in [2.75, 3.05) is 19.0 Å². The molecule has 6 atom stereocenters. The van der Waals surface area contributed by atoms with E-state index in [0.29, 0.717) is 12.8 Å². The van der Waals surface area contributed by atoms with Crippen LogP contribution >= 0.6 is 0 Å². The average molecular weight is 859 g/mol. The summed E-state index contributed by atoms with van der Waals surface area (Å²) in [4.78, 5) is 25.3. The summed E-state index contributed by atoms with van der Waals surface area (Å²) >= 11 is 0. The molecule has 0 amide bonds. The summed E-state index contributed by atoms with van der Waals surface area (Å²) in [5.74, 6) is -2.00. The van der Waals surface area contributed by atoms with Gasteiger partial charge in [-0.05, 0) is 64.2 Å². The summed E-state index contributed by atoms with van der Waals surface area (Å²) in [6.07, 6.45) is 32.0. The standard InChI is InChI=1S/C46H82O12S/c1-3-5-7-9-11-13-15-16-17-18-19-20-21-22-23-24-25-27-29-31-33-35-42(48)57-39(36-55-41(47)34-32-30-28-26-14-12-10-8-6-4-2)37-56-46-45(51)44(50)43(49)40(58-46)38-59(52,53)54/h8,10,15-16,18-19,39-40,43-46,49-51H,3-7,9,11-14,17,20-38H2,1-2H3,(H,52,53,54)/b10-8-,16-15-,19-18-. The second-order valence-corrected chi connectivity index (χ2v) is 17.6. The molecule has 13 heteroatoms. The fraction of sp³-hybridized carbons (Fsp3) is 0.826. The monoisotopic (exact) mass is 859 g/mol. The third-order valence-corrected chi connectivity index (χ3v) is 11.2. The van der Waals surface area contributed by atoms with E-state index in [0.717, 1.165) is 83.5 Å². The normalized spacial score (nSPS) is 20.5. The lowest BCUT2D eigenvalue weighted by molar-refractivity contribution is -0.297. The van der Waals surface area contributed by atoms with Crippen LogP contribution in [0.5, 0.6) is 0 Å². The van der Waals surface area contributed by atoms with Gasteiger partial charge in [0.2, 0.25) is 0 Å². The Labute approximate surface area is 357 Å². The van der Waals surface area contributed by atoms with Gasteiger partial charge in [-0.15, -0.1) is 0 Å². The van der Waals surface area contributed by atoms with E-state index in [2.05, 4.69) is 50.3 Å². The Balaban J connectivity index is 2.39. The van der Waals surface area contributed by atoms with Gasteiger partial charge in [-0.2, -0.15) is 8.42 Å². The number of carbonyl (C=O) groups excluding carboxylic acids is 2. The molecule has 1 aliphatic rings. The van der Waals surface area contributed by atoms with E-state index in [1.165, 1.54) is 64.2 Å². The zero-order valence-electron chi connectivity index (χ0n) is 36.6. The van der Waals surface area contributed by atoms with Crippen molar-refractivity contribution in [1.82, 2.24) is 0 Å². The van der Waals surface area contributed by atoms with E-state index < -0.39 is 71.2 Å². The first kappa shape index (κ1) is 54.9. The molecule has 1 rings (SSSR count). The van der Waals surface area contributed by atoms with Gasteiger partial charge in [0, 0.05) is 12.8 Å². The van der Waals surface area contributed by atoms with Crippen LogP contribution in [0, 0.1) is 0 Å². The summed E-state index contributed by atoms with van der Waals surface area (Å²) in [6, 6.07) is 0. The fourth-order valence-corrected chi connectivity index (χ4v) is 7.52. The molecule has 344 valence electrons. The van der Waals surface area contributed by atoms with Gasteiger partial charge in [0.15, 0.2) is 12.4 Å². The van der Waals surface area contributed by atoms with E-state index in [1.54, 1.807) is 0 Å². The fourth-order valence-electron chi connectivity index (χ4n) is 6.83. The second kappa shape index (κ2) is 36.5. The molecule has 0 radical (unpaired) electrons. The molecule has 1 heterocycles. The third-order valence-electron chi connectivity index (χ3n) is 10.4. The first-order valence-corrected chi connectivity index (χ1v) is 24.7. The van der Waals surface area contributed by atoms with Crippen LogP contribution in [-0.4, -0.2) is 96.0 Å². The number of carbonyl (C=O) groups is 2. The quantitative estimate of drug-likeness (QED) is 0.0200. The zero-order chi connectivity index (χ0) is 43.4. The highest BCUT2D eigenvalue weighted by atomic mass is 32.2. The Bertz CT molecular complexity index is 1240. The van der Waals surface area contributed by atoms with Crippen molar-refractivity contribution < 1.29 is 56.8 Å². The van der Waals surface area contributed by atoms with Crippen molar-refractivity contribution in [3.63, 3.8) is 0 Å². The van der Waals surface area contributed by atoms with Gasteiger partial charge < -0.3 is 34.3 Å². The van der Waals surface area contributed by atoms with Crippen LogP contribution in [0.15, 0.2) is 36.5 Å². The van der Waals surface area contributed by atoms with Gasteiger partial charge in [0.1, 0.15) is 36.8 Å². The Kier molecular flexibility index (Phi) is 34.0. The van der Waals surface area contributed by atoms with Gasteiger partial charge >= 0.3 is 11.9 Å². The molecule has 6 unspecified atom stereocenters. The number of ether oxygens (including phenoxy) is 4. The van der Waals surface area contributed by atoms with Crippen molar-refractivity contribution in [3.05, 3.63) is 36.5 Å². The minimum absolute atomic E-state index is 0.158. The Hall–Kier alpha value is -2.13. The molecule has 1 aliphatic heterocycles. The highest BCUT2D eigenvalue weighted by Gasteiger charge is 2.46. The molecule has 12 nitrogen and oxygen atoms in total. The summed E-state index contributed by atoms with van der Waals surface area (Å²) in [5, 5.41) is 30.8. The SMILES string of the molecule is CCC/C=C\CCCCCCCC(=O)OCC(COC1OC(CS(=O)(=O)O)C(O)C(O)C1O)OC(=O)CCCCCCCCCCC/C=C\C/C=C\CCCCCCC. The van der Waals surface area contributed by atoms with Crippen LogP contribution in [0.2, 0.25) is 0 Å². The van der Waals surface area contributed by atoms with Crippen LogP contribution < -0.4 is 0 Å². The average Bonchev–Trinajstić information content (AvgIpc) is 3.20. The van der Waals surface area contributed by atoms with Gasteiger partial charge in [-0.1, -0.05) is 147 Å². The van der Waals surface area contributed by atoms with Crippen LogP contribution in [0.1, 0.15) is 187 Å². The van der Waals surface area contributed by atoms with Gasteiger partial charge in [0.25, 0.3) is 10.1 Å². The molecule has 0 aromatic rings. The van der Waals surface area contributed by atoms with Gasteiger partial charge in [0.05, 0.1) is 6.61 Å². The van der Waals surface area contributed by atoms with Crippen molar-refractivity contribution in [2.45, 2.75) is 224 Å². The summed E-state index contributed by atoms with van der Waals surface area (Å²) < 4.78 is 54.0. The zero-order valence-corrected chi connectivity index (χ0v) is 37.4. The topological polar surface area (TPSA) is 186 Å². The largest absolute Gasteiger partial charge is 0.462 e. The first-order valence-electron chi connectivity index (χ1n) is 23.0. The number of aliphatic hydroxyl groups excluding tert-OH is 3. The van der Waals surface area contributed by atoms with E-state index >= 15 is 0 Å². The third kappa shape index (κ3) is 31.4. The molecule has 1 saturated heterocycles. The molecule has 0 saturated carbocycles. The summed E-state index contributed by atoms with van der Waals surface area (Å²) in [7, 11) is -4.60. The van der Waals surface area contributed by atoms with E-state index in [9.17, 15) is 37.9 Å². The molecule has 0 aromatic heterocycles. The van der Waals surface area contributed by atoms with E-state index in [4.69, 9.17) is 18.9 Å². The minimum atomic E-state index is -4.60. The predicted octanol–water partition coefficient (Wildman–Crippen LogP) is 9.39. The molecule has 0 aromatic carbocycles. The highest BCUT2D eigenvalue weighted by molar-refractivity contribution is 7.85. The highest BCUT2D eigenvalue weighted by Crippen LogP contribution is 2.24. The molecule has 0 aliphatic carbocycles. The van der Waals surface area contributed by atoms with Crippen LogP contribution in [-0.2, 0) is 38.7 Å². The smallest absolute Gasteiger partial charge is 0.306 e. The number of hydrogen-bond donors (Lipinski definition) is 4. The lowest BCUT2D eigenvalue weighted by Crippen LogP contribution is -2.60. The Morgan fingerprint density at radius 1 is 0.576 bits per heavy atom. The molecule has 59 heavy (non-hydrogen) atoms. The van der Waals surface area contributed by atoms with Crippen molar-refractivity contribution in [3.8, 4) is 0 Å². The van der Waals surface area contributed by atoms with Gasteiger partial charge in [-0.3, -0.25) is 14.1 Å². The summed E-state index contributed by atoms with van der Waals surface area (Å²) in [6.45, 7) is 3.67. The predicted molar refractivity (Wildman–Crippen MR) is 233 cm³/mol. The number of unbranched alkanes of at least 4 members (excludes halogenated alkanes) is 20. The maximum atomic E-state index is 12.8. The molecular formula is C46H82O12S. The van der Waals surface area contributed by atoms with Crippen LogP contribution in [0.4, 0.5) is 0 Å². The molecule has 0 spiro atoms. The number of allylic oxidation sites excluding steroid dienone is 6. The maximum absolute atomic E-state index is 12.8.